The topological polar surface area (TPSA) is 116 Å². The lowest BCUT2D eigenvalue weighted by molar-refractivity contribution is 0.0695. The molecule has 1 aromatic heterocycles. The van der Waals surface area contributed by atoms with E-state index in [1.54, 1.807) is 0 Å². The van der Waals surface area contributed by atoms with Crippen LogP contribution in [0.2, 0.25) is 0 Å². The number of aromatic nitrogens is 1. The third-order valence-electron chi connectivity index (χ3n) is 4.29. The highest BCUT2D eigenvalue weighted by Gasteiger charge is 2.17. The third kappa shape index (κ3) is 3.91. The predicted molar refractivity (Wildman–Crippen MR) is 101 cm³/mol. The normalized spacial score (nSPS) is 11.6. The second-order valence-electron chi connectivity index (χ2n) is 6.04. The summed E-state index contributed by atoms with van der Waals surface area (Å²) in [5, 5.41) is 9.06. The molecule has 0 radical (unpaired) electrons. The number of nitrogens with one attached hydrogen (secondary N) is 2. The van der Waals surface area contributed by atoms with Crippen molar-refractivity contribution in [3.63, 3.8) is 0 Å². The Morgan fingerprint density at radius 2 is 1.78 bits per heavy atom. The van der Waals surface area contributed by atoms with E-state index in [1.807, 2.05) is 31.2 Å². The number of fused-ring (bicyclic) bond motifs is 1. The van der Waals surface area contributed by atoms with Crippen LogP contribution in [-0.4, -0.2) is 24.5 Å². The number of hydrogen-bond donors (Lipinski definition) is 3. The number of H-pyrrole nitrogens is 1. The molecule has 1 heterocycles. The van der Waals surface area contributed by atoms with Crippen LogP contribution in [0.1, 0.15) is 28.4 Å². The monoisotopic (exact) mass is 386 g/mol. The van der Waals surface area contributed by atoms with Gasteiger partial charge in [0.25, 0.3) is 0 Å². The van der Waals surface area contributed by atoms with E-state index in [0.29, 0.717) is 5.52 Å². The van der Waals surface area contributed by atoms with Crippen molar-refractivity contribution < 1.29 is 18.3 Å². The molecule has 0 atom stereocenters. The SMILES string of the molecule is CCc1ccc(CNS(=O)(=O)c2ccc3[nH]cc(C(=O)O)c(=O)c3c2)cc1. The molecular weight excluding hydrogens is 368 g/mol. The molecular formula is C19H18N2O5S. The van der Waals surface area contributed by atoms with Crippen LogP contribution < -0.4 is 10.2 Å². The van der Waals surface area contributed by atoms with Gasteiger partial charge in [0.2, 0.25) is 15.5 Å². The average Bonchev–Trinajstić information content (AvgIpc) is 2.66. The number of aromatic amines is 1. The molecule has 3 aromatic rings. The van der Waals surface area contributed by atoms with E-state index in [9.17, 15) is 18.0 Å². The molecule has 0 amide bonds. The van der Waals surface area contributed by atoms with E-state index >= 15 is 0 Å². The smallest absolute Gasteiger partial charge is 0.341 e. The maximum Gasteiger partial charge on any atom is 0.341 e. The van der Waals surface area contributed by atoms with Gasteiger partial charge in [0.05, 0.1) is 4.90 Å². The molecule has 3 rings (SSSR count). The first-order chi connectivity index (χ1) is 12.8. The zero-order valence-corrected chi connectivity index (χ0v) is 15.3. The van der Waals surface area contributed by atoms with Gasteiger partial charge in [0, 0.05) is 23.6 Å². The van der Waals surface area contributed by atoms with Gasteiger partial charge < -0.3 is 10.1 Å². The largest absolute Gasteiger partial charge is 0.477 e. The first-order valence-electron chi connectivity index (χ1n) is 8.28. The van der Waals surface area contributed by atoms with Gasteiger partial charge in [-0.05, 0) is 35.7 Å². The minimum Gasteiger partial charge on any atom is -0.477 e. The van der Waals surface area contributed by atoms with Crippen LogP contribution in [0.15, 0.2) is 58.4 Å². The van der Waals surface area contributed by atoms with Gasteiger partial charge in [-0.2, -0.15) is 0 Å². The quantitative estimate of drug-likeness (QED) is 0.601. The van der Waals surface area contributed by atoms with Gasteiger partial charge >= 0.3 is 5.97 Å². The van der Waals surface area contributed by atoms with Crippen LogP contribution >= 0.6 is 0 Å². The van der Waals surface area contributed by atoms with E-state index in [0.717, 1.165) is 23.7 Å². The van der Waals surface area contributed by atoms with Crippen LogP contribution in [-0.2, 0) is 23.0 Å². The lowest BCUT2D eigenvalue weighted by Gasteiger charge is -2.09. The van der Waals surface area contributed by atoms with E-state index in [4.69, 9.17) is 5.11 Å². The number of benzene rings is 2. The molecule has 0 aliphatic heterocycles. The van der Waals surface area contributed by atoms with E-state index < -0.39 is 27.0 Å². The van der Waals surface area contributed by atoms with Crippen molar-refractivity contribution in [2.75, 3.05) is 0 Å². The second kappa shape index (κ2) is 7.34. The summed E-state index contributed by atoms with van der Waals surface area (Å²) in [6.45, 7) is 2.14. The highest BCUT2D eigenvalue weighted by molar-refractivity contribution is 7.89. The van der Waals surface area contributed by atoms with Crippen molar-refractivity contribution >= 4 is 26.9 Å². The summed E-state index contributed by atoms with van der Waals surface area (Å²) in [5.74, 6) is -1.37. The number of pyridine rings is 1. The summed E-state index contributed by atoms with van der Waals surface area (Å²) in [6, 6.07) is 11.6. The summed E-state index contributed by atoms with van der Waals surface area (Å²) in [7, 11) is -3.87. The van der Waals surface area contributed by atoms with Gasteiger partial charge in [0.15, 0.2) is 0 Å². The van der Waals surface area contributed by atoms with Crippen LogP contribution in [0.4, 0.5) is 0 Å². The van der Waals surface area contributed by atoms with Gasteiger partial charge in [-0.3, -0.25) is 4.79 Å². The summed E-state index contributed by atoms with van der Waals surface area (Å²) in [5.41, 5.74) is 1.15. The molecule has 0 fully saturated rings. The Morgan fingerprint density at radius 3 is 2.41 bits per heavy atom. The summed E-state index contributed by atoms with van der Waals surface area (Å²) in [6.07, 6.45) is 2.00. The Morgan fingerprint density at radius 1 is 1.11 bits per heavy atom. The molecule has 0 aliphatic carbocycles. The van der Waals surface area contributed by atoms with Gasteiger partial charge in [-0.1, -0.05) is 31.2 Å². The minimum absolute atomic E-state index is 0.00470. The van der Waals surface area contributed by atoms with Crippen molar-refractivity contribution in [1.29, 1.82) is 0 Å². The highest BCUT2D eigenvalue weighted by Crippen LogP contribution is 2.16. The predicted octanol–water partition coefficient (Wildman–Crippen LogP) is 2.27. The van der Waals surface area contributed by atoms with Crippen LogP contribution in [0.5, 0.6) is 0 Å². The number of carboxylic acid groups (broad SMARTS) is 1. The maximum atomic E-state index is 12.6. The molecule has 3 N–H and O–H groups in total. The van der Waals surface area contributed by atoms with Crippen LogP contribution in [0, 0.1) is 0 Å². The molecule has 8 heteroatoms. The maximum absolute atomic E-state index is 12.6. The summed E-state index contributed by atoms with van der Waals surface area (Å²) in [4.78, 5) is 26.0. The number of rotatable bonds is 6. The molecule has 0 bridgehead atoms. The fourth-order valence-corrected chi connectivity index (χ4v) is 3.72. The number of carbonyl (C=O) groups is 1. The Kier molecular flexibility index (Phi) is 5.11. The van der Waals surface area contributed by atoms with Crippen LogP contribution in [0.3, 0.4) is 0 Å². The first-order valence-corrected chi connectivity index (χ1v) is 9.76. The summed E-state index contributed by atoms with van der Waals surface area (Å²) < 4.78 is 27.6. The Labute approximate surface area is 155 Å². The number of carboxylic acids is 1. The molecule has 0 saturated heterocycles. The van der Waals surface area contributed by atoms with Gasteiger partial charge in [-0.15, -0.1) is 0 Å². The number of aromatic carboxylic acids is 1. The molecule has 2 aromatic carbocycles. The average molecular weight is 386 g/mol. The van der Waals surface area contributed by atoms with Crippen molar-refractivity contribution in [3.8, 4) is 0 Å². The number of hydrogen-bond acceptors (Lipinski definition) is 4. The Hall–Kier alpha value is -2.97. The third-order valence-corrected chi connectivity index (χ3v) is 5.69. The molecule has 0 unspecified atom stereocenters. The molecule has 140 valence electrons. The fraction of sp³-hybridized carbons (Fsp3) is 0.158. The molecule has 0 spiro atoms. The van der Waals surface area contributed by atoms with Crippen molar-refractivity contribution in [1.82, 2.24) is 9.71 Å². The zero-order chi connectivity index (χ0) is 19.6. The number of aryl methyl sites for hydroxylation is 1. The molecule has 0 aliphatic rings. The van der Waals surface area contributed by atoms with E-state index in [1.165, 1.54) is 18.2 Å². The van der Waals surface area contributed by atoms with E-state index in [2.05, 4.69) is 9.71 Å². The van der Waals surface area contributed by atoms with Crippen molar-refractivity contribution in [2.45, 2.75) is 24.8 Å². The first kappa shape index (κ1) is 18.8. The second-order valence-corrected chi connectivity index (χ2v) is 7.81. The summed E-state index contributed by atoms with van der Waals surface area (Å²) >= 11 is 0. The highest BCUT2D eigenvalue weighted by atomic mass is 32.2. The fourth-order valence-electron chi connectivity index (χ4n) is 2.68. The lowest BCUT2D eigenvalue weighted by atomic mass is 10.1. The number of sulfonamides is 1. The Bertz CT molecular complexity index is 1160. The Balaban J connectivity index is 1.91. The molecule has 27 heavy (non-hydrogen) atoms. The van der Waals surface area contributed by atoms with Crippen molar-refractivity contribution in [3.05, 3.63) is 75.6 Å². The van der Waals surface area contributed by atoms with Gasteiger partial charge in [-0.25, -0.2) is 17.9 Å². The zero-order valence-electron chi connectivity index (χ0n) is 14.5. The standard InChI is InChI=1S/C19H18N2O5S/c1-2-12-3-5-13(6-4-12)10-21-27(25,26)14-7-8-17-15(9-14)18(22)16(11-20-17)19(23)24/h3-9,11,21H,2,10H2,1H3,(H,20,22)(H,23,24). The molecule has 7 nitrogen and oxygen atoms in total. The minimum atomic E-state index is -3.87. The van der Waals surface area contributed by atoms with Crippen molar-refractivity contribution in [2.24, 2.45) is 0 Å². The van der Waals surface area contributed by atoms with Crippen LogP contribution in [0.25, 0.3) is 10.9 Å². The van der Waals surface area contributed by atoms with Gasteiger partial charge in [0.1, 0.15) is 5.56 Å². The lowest BCUT2D eigenvalue weighted by Crippen LogP contribution is -2.23. The van der Waals surface area contributed by atoms with E-state index in [-0.39, 0.29) is 16.8 Å². The molecule has 0 saturated carbocycles.